The van der Waals surface area contributed by atoms with Crippen molar-refractivity contribution >= 4 is 84.8 Å². The summed E-state index contributed by atoms with van der Waals surface area (Å²) in [6, 6.07) is 0. The first-order valence-electron chi connectivity index (χ1n) is 3.92. The fourth-order valence-corrected chi connectivity index (χ4v) is 1.20. The van der Waals surface area contributed by atoms with Crippen molar-refractivity contribution in [3.63, 3.8) is 0 Å². The summed E-state index contributed by atoms with van der Waals surface area (Å²) in [4.78, 5) is 48.1. The van der Waals surface area contributed by atoms with E-state index in [9.17, 15) is 24.1 Å². The Balaban J connectivity index is -0.00000128. The van der Waals surface area contributed by atoms with Crippen molar-refractivity contribution in [3.05, 3.63) is 0 Å². The van der Waals surface area contributed by atoms with E-state index < -0.39 is 44.2 Å². The molecule has 0 spiro atoms. The van der Waals surface area contributed by atoms with E-state index in [0.717, 1.165) is 0 Å². The molecule has 0 aromatic heterocycles. The van der Waals surface area contributed by atoms with E-state index in [4.69, 9.17) is 20.0 Å². The van der Waals surface area contributed by atoms with Crippen LogP contribution in [0.1, 0.15) is 12.8 Å². The average Bonchev–Trinajstić information content (AvgIpc) is 1.96. The van der Waals surface area contributed by atoms with Gasteiger partial charge in [0.2, 0.25) is 0 Å². The Morgan fingerprint density at radius 3 is 1.74 bits per heavy atom. The summed E-state index contributed by atoms with van der Waals surface area (Å²) >= 11 is 0. The number of carbonyl (C=O) groups excluding carboxylic acids is 1. The molecule has 19 heavy (non-hydrogen) atoms. The van der Waals surface area contributed by atoms with Gasteiger partial charge >= 0.3 is 84.8 Å². The molecule has 0 bridgehead atoms. The summed E-state index contributed by atoms with van der Waals surface area (Å²) < 4.78 is 13.7. The topological polar surface area (TPSA) is 179 Å². The molecule has 0 aromatic rings. The third kappa shape index (κ3) is 10.9. The van der Waals surface area contributed by atoms with Crippen LogP contribution in [0.2, 0.25) is 0 Å². The predicted octanol–water partition coefficient (Wildman–Crippen LogP) is -2.99. The molecule has 1 unspecified atom stereocenters. The number of carbonyl (C=O) groups is 3. The van der Waals surface area contributed by atoms with Crippen molar-refractivity contribution in [1.82, 2.24) is 0 Å². The van der Waals surface area contributed by atoms with Crippen molar-refractivity contribution in [2.75, 3.05) is 0 Å². The fourth-order valence-electron chi connectivity index (χ4n) is 0.868. The number of aliphatic hydroxyl groups is 1. The summed E-state index contributed by atoms with van der Waals surface area (Å²) in [6.07, 6.45) is -2.72. The van der Waals surface area contributed by atoms with Crippen molar-refractivity contribution in [2.45, 2.75) is 18.4 Å². The van der Waals surface area contributed by atoms with E-state index in [0.29, 0.717) is 0 Å². The van der Waals surface area contributed by atoms with Crippen LogP contribution >= 0.6 is 7.82 Å². The second-order valence-corrected chi connectivity index (χ2v) is 4.20. The first kappa shape index (κ1) is 24.5. The summed E-state index contributed by atoms with van der Waals surface area (Å²) in [6.45, 7) is 0. The Morgan fingerprint density at radius 1 is 1.05 bits per heavy atom. The van der Waals surface area contributed by atoms with Crippen LogP contribution in [-0.2, 0) is 23.5 Å². The molecule has 10 nitrogen and oxygen atoms in total. The number of rotatable bonds is 6. The summed E-state index contributed by atoms with van der Waals surface area (Å²) in [5, 5.41) is 26.1. The SMILES string of the molecule is O=C(O)CC(O)(CC(=O)OP(=O)(O)O)C(=O)O.[NaH].[NaH]. The van der Waals surface area contributed by atoms with Gasteiger partial charge in [0.05, 0.1) is 12.8 Å². The van der Waals surface area contributed by atoms with Gasteiger partial charge in [-0.05, 0) is 0 Å². The van der Waals surface area contributed by atoms with Crippen LogP contribution in [0.25, 0.3) is 0 Å². The molecule has 0 heterocycles. The molecule has 0 aliphatic carbocycles. The maximum absolute atomic E-state index is 10.8. The van der Waals surface area contributed by atoms with Gasteiger partial charge in [0, 0.05) is 0 Å². The molecule has 1 atom stereocenters. The molecule has 0 radical (unpaired) electrons. The normalized spacial score (nSPS) is 13.2. The fraction of sp³-hybridized carbons (Fsp3) is 0.500. The van der Waals surface area contributed by atoms with Crippen LogP contribution in [0, 0.1) is 0 Å². The first-order valence-corrected chi connectivity index (χ1v) is 5.45. The Bertz CT molecular complexity index is 391. The monoisotopic (exact) mass is 320 g/mol. The van der Waals surface area contributed by atoms with Crippen molar-refractivity contribution in [2.24, 2.45) is 0 Å². The second-order valence-electron chi connectivity index (χ2n) is 3.04. The number of phosphoric ester groups is 1. The van der Waals surface area contributed by atoms with Gasteiger partial charge in [-0.2, -0.15) is 0 Å². The van der Waals surface area contributed by atoms with Gasteiger partial charge in [-0.25, -0.2) is 9.36 Å². The third-order valence-corrected chi connectivity index (χ3v) is 1.94. The summed E-state index contributed by atoms with van der Waals surface area (Å²) in [5.74, 6) is -5.47. The minimum atomic E-state index is -5.17. The van der Waals surface area contributed by atoms with Gasteiger partial charge in [-0.3, -0.25) is 19.4 Å². The van der Waals surface area contributed by atoms with Gasteiger partial charge < -0.3 is 19.8 Å². The zero-order valence-corrected chi connectivity index (χ0v) is 9.03. The molecule has 5 N–H and O–H groups in total. The van der Waals surface area contributed by atoms with Crippen LogP contribution < -0.4 is 0 Å². The molecule has 102 valence electrons. The van der Waals surface area contributed by atoms with Gasteiger partial charge in [-0.15, -0.1) is 0 Å². The standard InChI is InChI=1S/C6H9O10P.2Na.2H/c7-3(8)1-6(12,5(10)11)2-4(9)16-17(13,14)15;;;;/h12H,1-2H2,(H,7,8)(H,10,11)(H2,13,14,15);;;;. The van der Waals surface area contributed by atoms with Crippen molar-refractivity contribution in [1.29, 1.82) is 0 Å². The number of carboxylic acid groups (broad SMARTS) is 2. The van der Waals surface area contributed by atoms with Crippen molar-refractivity contribution < 1.29 is 48.6 Å². The quantitative estimate of drug-likeness (QED) is 0.250. The molecule has 0 aliphatic heterocycles. The molecular formula is C6H11Na2O10P. The van der Waals surface area contributed by atoms with Crippen LogP contribution in [0.5, 0.6) is 0 Å². The third-order valence-electron chi connectivity index (χ3n) is 1.50. The second kappa shape index (κ2) is 9.46. The minimum absolute atomic E-state index is 0. The van der Waals surface area contributed by atoms with Crippen LogP contribution in [0.4, 0.5) is 0 Å². The molecule has 0 saturated carbocycles. The number of carboxylic acids is 2. The van der Waals surface area contributed by atoms with Gasteiger partial charge in [0.1, 0.15) is 0 Å². The van der Waals surface area contributed by atoms with Gasteiger partial charge in [0.25, 0.3) is 0 Å². The average molecular weight is 320 g/mol. The molecule has 0 saturated heterocycles. The summed E-state index contributed by atoms with van der Waals surface area (Å²) in [7, 11) is -5.17. The van der Waals surface area contributed by atoms with E-state index in [1.807, 2.05) is 0 Å². The Morgan fingerprint density at radius 2 is 1.47 bits per heavy atom. The number of aliphatic carboxylic acids is 2. The van der Waals surface area contributed by atoms with Crippen molar-refractivity contribution in [3.8, 4) is 0 Å². The van der Waals surface area contributed by atoms with Crippen LogP contribution in [-0.4, -0.2) is 108 Å². The molecule has 0 amide bonds. The van der Waals surface area contributed by atoms with Crippen LogP contribution in [0.3, 0.4) is 0 Å². The van der Waals surface area contributed by atoms with E-state index in [-0.39, 0.29) is 59.1 Å². The Labute approximate surface area is 151 Å². The first-order chi connectivity index (χ1) is 7.46. The van der Waals surface area contributed by atoms with Gasteiger partial charge in [-0.1, -0.05) is 0 Å². The zero-order valence-electron chi connectivity index (χ0n) is 8.14. The van der Waals surface area contributed by atoms with E-state index in [1.54, 1.807) is 0 Å². The molecular weight excluding hydrogens is 309 g/mol. The van der Waals surface area contributed by atoms with E-state index in [2.05, 4.69) is 4.52 Å². The zero-order chi connectivity index (χ0) is 13.9. The van der Waals surface area contributed by atoms with Crippen LogP contribution in [0.15, 0.2) is 0 Å². The van der Waals surface area contributed by atoms with E-state index in [1.165, 1.54) is 0 Å². The molecule has 0 rings (SSSR count). The number of hydrogen-bond acceptors (Lipinski definition) is 6. The summed E-state index contributed by atoms with van der Waals surface area (Å²) in [5.41, 5.74) is -2.99. The molecule has 13 heteroatoms. The predicted molar refractivity (Wildman–Crippen MR) is 61.9 cm³/mol. The Kier molecular flexibility index (Phi) is 12.2. The molecule has 0 fully saturated rings. The Hall–Kier alpha value is 0.520. The van der Waals surface area contributed by atoms with E-state index >= 15 is 0 Å². The maximum atomic E-state index is 10.8. The van der Waals surface area contributed by atoms with Gasteiger partial charge in [0.15, 0.2) is 5.60 Å². The number of hydrogen-bond donors (Lipinski definition) is 5. The number of phosphoric acid groups is 1. The molecule has 0 aromatic carbocycles. The molecule has 0 aliphatic rings.